The van der Waals surface area contributed by atoms with E-state index >= 15 is 0 Å². The van der Waals surface area contributed by atoms with Gasteiger partial charge in [-0.05, 0) is 13.8 Å². The van der Waals surface area contributed by atoms with Crippen LogP contribution in [0.1, 0.15) is 13.8 Å². The Balaban J connectivity index is 0. The van der Waals surface area contributed by atoms with E-state index in [0.29, 0.717) is 0 Å². The van der Waals surface area contributed by atoms with Crippen LogP contribution >= 0.6 is 0 Å². The first kappa shape index (κ1) is 10.0. The Hall–Kier alpha value is -0.0800. The lowest BCUT2D eigenvalue weighted by Crippen LogP contribution is -2.17. The van der Waals surface area contributed by atoms with E-state index in [1.165, 1.54) is 0 Å². The average molecular weight is 102 g/mol. The zero-order valence-electron chi connectivity index (χ0n) is 4.55. The van der Waals surface area contributed by atoms with Crippen LogP contribution in [0.25, 0.3) is 0 Å². The summed E-state index contributed by atoms with van der Waals surface area (Å²) in [7, 11) is 0. The molecule has 2 N–H and O–H groups in total. The molecule has 0 fully saturated rings. The fourth-order valence-corrected chi connectivity index (χ4v) is 0. The van der Waals surface area contributed by atoms with E-state index in [1.54, 1.807) is 13.8 Å². The molecule has 0 saturated carbocycles. The first-order valence-electron chi connectivity index (χ1n) is 2.00. The minimum atomic E-state index is -0.593. The molecule has 0 amide bonds. The molecule has 42 valence electrons. The molecule has 0 bridgehead atoms. The smallest absolute Gasteiger partial charge is 0.0768 e. The lowest BCUT2D eigenvalue weighted by atomic mass is 10.3. The second kappa shape index (κ2) is 4.09. The third-order valence-electron chi connectivity index (χ3n) is 0.698. The van der Waals surface area contributed by atoms with Crippen molar-refractivity contribution in [2.75, 3.05) is 0 Å². The van der Waals surface area contributed by atoms with Gasteiger partial charge in [0.1, 0.15) is 0 Å². The maximum absolute atomic E-state index is 8.38. The molecule has 0 aromatic carbocycles. The van der Waals surface area contributed by atoms with E-state index in [0.717, 1.165) is 0 Å². The summed E-state index contributed by atoms with van der Waals surface area (Å²) < 4.78 is 0. The summed E-state index contributed by atoms with van der Waals surface area (Å²) in [6, 6.07) is 0. The zero-order valence-corrected chi connectivity index (χ0v) is 4.55. The SMILES string of the molecule is CC(O)C(C)O.[C]. The predicted octanol–water partition coefficient (Wildman–Crippen LogP) is -0.171. The van der Waals surface area contributed by atoms with Gasteiger partial charge in [-0.15, -0.1) is 0 Å². The highest BCUT2D eigenvalue weighted by Gasteiger charge is 1.99. The van der Waals surface area contributed by atoms with Crippen LogP contribution in [-0.2, 0) is 0 Å². The summed E-state index contributed by atoms with van der Waals surface area (Å²) in [5.41, 5.74) is 0. The summed E-state index contributed by atoms with van der Waals surface area (Å²) in [6.07, 6.45) is -1.19. The average Bonchev–Trinajstić information content (AvgIpc) is 1.36. The van der Waals surface area contributed by atoms with Crippen molar-refractivity contribution in [2.24, 2.45) is 0 Å². The number of hydrogen-bond acceptors (Lipinski definition) is 2. The van der Waals surface area contributed by atoms with Crippen molar-refractivity contribution in [1.82, 2.24) is 0 Å². The zero-order chi connectivity index (χ0) is 5.15. The van der Waals surface area contributed by atoms with E-state index in [-0.39, 0.29) is 7.43 Å². The largest absolute Gasteiger partial charge is 0.391 e. The van der Waals surface area contributed by atoms with E-state index < -0.39 is 12.2 Å². The predicted molar refractivity (Wildman–Crippen MR) is 26.6 cm³/mol. The molecular weight excluding hydrogens is 92.1 g/mol. The topological polar surface area (TPSA) is 40.5 Å². The maximum Gasteiger partial charge on any atom is 0.0768 e. The molecule has 0 saturated heterocycles. The summed E-state index contributed by atoms with van der Waals surface area (Å²) >= 11 is 0. The summed E-state index contributed by atoms with van der Waals surface area (Å²) in [4.78, 5) is 0. The summed E-state index contributed by atoms with van der Waals surface area (Å²) in [5.74, 6) is 0. The summed E-state index contributed by atoms with van der Waals surface area (Å²) in [5, 5.41) is 16.8. The Labute approximate surface area is 44.8 Å². The minimum Gasteiger partial charge on any atom is -0.391 e. The molecule has 2 unspecified atom stereocenters. The molecule has 0 aromatic rings. The summed E-state index contributed by atoms with van der Waals surface area (Å²) in [6.45, 7) is 3.09. The normalized spacial score (nSPS) is 17.1. The quantitative estimate of drug-likeness (QED) is 0.482. The van der Waals surface area contributed by atoms with Gasteiger partial charge in [0.15, 0.2) is 0 Å². The molecule has 0 aliphatic heterocycles. The van der Waals surface area contributed by atoms with Crippen molar-refractivity contribution in [3.8, 4) is 0 Å². The van der Waals surface area contributed by atoms with Crippen molar-refractivity contribution in [1.29, 1.82) is 0 Å². The van der Waals surface area contributed by atoms with Gasteiger partial charge < -0.3 is 10.2 Å². The van der Waals surface area contributed by atoms with Gasteiger partial charge in [-0.25, -0.2) is 0 Å². The number of aliphatic hydroxyl groups excluding tert-OH is 2. The van der Waals surface area contributed by atoms with Gasteiger partial charge in [-0.3, -0.25) is 0 Å². The van der Waals surface area contributed by atoms with Gasteiger partial charge in [-0.2, -0.15) is 0 Å². The molecule has 4 radical (unpaired) electrons. The molecule has 0 aliphatic rings. The Morgan fingerprint density at radius 1 is 1.00 bits per heavy atom. The van der Waals surface area contributed by atoms with Gasteiger partial charge in [0.05, 0.1) is 12.2 Å². The van der Waals surface area contributed by atoms with Gasteiger partial charge in [-0.1, -0.05) is 0 Å². The molecule has 0 rings (SSSR count). The maximum atomic E-state index is 8.38. The van der Waals surface area contributed by atoms with Gasteiger partial charge in [0.25, 0.3) is 0 Å². The van der Waals surface area contributed by atoms with Crippen LogP contribution in [0.4, 0.5) is 0 Å². The molecule has 0 spiro atoms. The van der Waals surface area contributed by atoms with Crippen molar-refractivity contribution in [2.45, 2.75) is 26.1 Å². The molecule has 2 nitrogen and oxygen atoms in total. The fraction of sp³-hybridized carbons (Fsp3) is 0.800. The van der Waals surface area contributed by atoms with Crippen molar-refractivity contribution >= 4 is 0 Å². The third-order valence-corrected chi connectivity index (χ3v) is 0.698. The lowest BCUT2D eigenvalue weighted by molar-refractivity contribution is 0.0438. The van der Waals surface area contributed by atoms with Crippen molar-refractivity contribution in [3.05, 3.63) is 7.43 Å². The van der Waals surface area contributed by atoms with Crippen molar-refractivity contribution < 1.29 is 10.2 Å². The molecular formula is C5H10O2. The van der Waals surface area contributed by atoms with E-state index in [1.807, 2.05) is 0 Å². The molecule has 2 heteroatoms. The standard InChI is InChI=1S/C4H10O2.C/c1-3(5)4(2)6;/h3-6H,1-2H3;. The van der Waals surface area contributed by atoms with Gasteiger partial charge >= 0.3 is 0 Å². The first-order chi connectivity index (χ1) is 2.64. The molecule has 7 heavy (non-hydrogen) atoms. The van der Waals surface area contributed by atoms with Crippen LogP contribution in [0, 0.1) is 7.43 Å². The highest BCUT2D eigenvalue weighted by atomic mass is 16.3. The van der Waals surface area contributed by atoms with Gasteiger partial charge in [0.2, 0.25) is 0 Å². The van der Waals surface area contributed by atoms with E-state index in [2.05, 4.69) is 0 Å². The molecule has 0 aliphatic carbocycles. The van der Waals surface area contributed by atoms with E-state index in [4.69, 9.17) is 10.2 Å². The lowest BCUT2D eigenvalue weighted by Gasteiger charge is -2.03. The monoisotopic (exact) mass is 102 g/mol. The molecule has 0 heterocycles. The van der Waals surface area contributed by atoms with Crippen LogP contribution in [0.15, 0.2) is 0 Å². The Morgan fingerprint density at radius 2 is 1.14 bits per heavy atom. The number of aliphatic hydroxyl groups is 2. The second-order valence-electron chi connectivity index (χ2n) is 1.48. The van der Waals surface area contributed by atoms with Gasteiger partial charge in [0, 0.05) is 7.43 Å². The highest BCUT2D eigenvalue weighted by Crippen LogP contribution is 1.85. The number of rotatable bonds is 1. The first-order valence-corrected chi connectivity index (χ1v) is 2.00. The van der Waals surface area contributed by atoms with Crippen LogP contribution in [-0.4, -0.2) is 22.4 Å². The van der Waals surface area contributed by atoms with Crippen LogP contribution in [0.5, 0.6) is 0 Å². The van der Waals surface area contributed by atoms with E-state index in [9.17, 15) is 0 Å². The Bertz CT molecular complexity index is 27.1. The Morgan fingerprint density at radius 3 is 1.14 bits per heavy atom. The minimum absolute atomic E-state index is 0. The van der Waals surface area contributed by atoms with Crippen LogP contribution < -0.4 is 0 Å². The molecule has 2 atom stereocenters. The number of hydrogen-bond donors (Lipinski definition) is 2. The molecule has 0 aromatic heterocycles. The second-order valence-corrected chi connectivity index (χ2v) is 1.48. The Kier molecular flexibility index (Phi) is 5.85. The third kappa shape index (κ3) is 5.92. The fourth-order valence-electron chi connectivity index (χ4n) is 0. The van der Waals surface area contributed by atoms with Crippen LogP contribution in [0.2, 0.25) is 0 Å². The van der Waals surface area contributed by atoms with Crippen molar-refractivity contribution in [3.63, 3.8) is 0 Å². The van der Waals surface area contributed by atoms with Crippen LogP contribution in [0.3, 0.4) is 0 Å². The highest BCUT2D eigenvalue weighted by molar-refractivity contribution is 4.50.